The number of hydrogen-bond donors (Lipinski definition) is 2. The summed E-state index contributed by atoms with van der Waals surface area (Å²) in [4.78, 5) is 15.1. The lowest BCUT2D eigenvalue weighted by Gasteiger charge is -2.42. The molecule has 2 aliphatic heterocycles. The molecule has 1 aromatic carbocycles. The highest BCUT2D eigenvalue weighted by atomic mass is 35.5. The van der Waals surface area contributed by atoms with Gasteiger partial charge in [-0.1, -0.05) is 30.5 Å². The monoisotopic (exact) mass is 347 g/mol. The van der Waals surface area contributed by atoms with Gasteiger partial charge in [0, 0.05) is 34.9 Å². The summed E-state index contributed by atoms with van der Waals surface area (Å²) in [5.41, 5.74) is 0.742. The lowest BCUT2D eigenvalue weighted by atomic mass is 9.95. The molecule has 3 fully saturated rings. The van der Waals surface area contributed by atoms with Crippen molar-refractivity contribution in [2.75, 3.05) is 5.32 Å². The van der Waals surface area contributed by atoms with E-state index in [1.165, 1.54) is 38.5 Å². The largest absolute Gasteiger partial charge is 0.335 e. The van der Waals surface area contributed by atoms with Crippen molar-refractivity contribution in [1.82, 2.24) is 10.2 Å². The second-order valence-electron chi connectivity index (χ2n) is 7.55. The molecule has 0 radical (unpaired) electrons. The molecule has 1 saturated carbocycles. The van der Waals surface area contributed by atoms with Crippen LogP contribution in [-0.2, 0) is 0 Å². The van der Waals surface area contributed by atoms with Gasteiger partial charge >= 0.3 is 6.03 Å². The van der Waals surface area contributed by atoms with Crippen LogP contribution in [0.1, 0.15) is 51.4 Å². The van der Waals surface area contributed by atoms with E-state index in [1.54, 1.807) is 12.1 Å². The van der Waals surface area contributed by atoms with Crippen LogP contribution in [0.2, 0.25) is 5.02 Å². The van der Waals surface area contributed by atoms with Crippen molar-refractivity contribution >= 4 is 23.3 Å². The second kappa shape index (κ2) is 6.93. The molecule has 2 bridgehead atoms. The number of piperidine rings is 1. The maximum Gasteiger partial charge on any atom is 0.319 e. The predicted molar refractivity (Wildman–Crippen MR) is 97.5 cm³/mol. The maximum absolute atomic E-state index is 12.3. The molecule has 2 N–H and O–H groups in total. The van der Waals surface area contributed by atoms with E-state index in [9.17, 15) is 4.79 Å². The summed E-state index contributed by atoms with van der Waals surface area (Å²) in [6.45, 7) is 0. The molecular weight excluding hydrogens is 322 g/mol. The number of nitrogens with zero attached hydrogens (tertiary/aromatic N) is 1. The number of amides is 2. The van der Waals surface area contributed by atoms with Gasteiger partial charge in [-0.25, -0.2) is 4.79 Å². The first-order valence-corrected chi connectivity index (χ1v) is 9.67. The number of benzene rings is 1. The van der Waals surface area contributed by atoms with Gasteiger partial charge < -0.3 is 10.6 Å². The Morgan fingerprint density at radius 1 is 1.04 bits per heavy atom. The normalized spacial score (nSPS) is 30.5. The number of halogens is 1. The summed E-state index contributed by atoms with van der Waals surface area (Å²) >= 11 is 5.97. The highest BCUT2D eigenvalue weighted by molar-refractivity contribution is 6.30. The van der Waals surface area contributed by atoms with Crippen LogP contribution >= 0.6 is 11.6 Å². The smallest absolute Gasteiger partial charge is 0.319 e. The Balaban J connectivity index is 1.33. The zero-order valence-corrected chi connectivity index (χ0v) is 14.8. The first-order valence-electron chi connectivity index (χ1n) is 9.29. The van der Waals surface area contributed by atoms with Crippen LogP contribution in [0.15, 0.2) is 24.3 Å². The van der Waals surface area contributed by atoms with Crippen molar-refractivity contribution in [3.8, 4) is 0 Å². The average Bonchev–Trinajstić information content (AvgIpc) is 3.13. The van der Waals surface area contributed by atoms with Crippen molar-refractivity contribution in [1.29, 1.82) is 0 Å². The zero-order valence-electron chi connectivity index (χ0n) is 14.0. The van der Waals surface area contributed by atoms with Crippen molar-refractivity contribution in [2.24, 2.45) is 0 Å². The van der Waals surface area contributed by atoms with Crippen LogP contribution in [0.5, 0.6) is 0 Å². The van der Waals surface area contributed by atoms with Crippen LogP contribution in [0.3, 0.4) is 0 Å². The maximum atomic E-state index is 12.3. The van der Waals surface area contributed by atoms with Crippen molar-refractivity contribution in [3.05, 3.63) is 29.3 Å². The molecule has 3 aliphatic rings. The third-order valence-corrected chi connectivity index (χ3v) is 6.19. The molecule has 2 amide bonds. The van der Waals surface area contributed by atoms with Gasteiger partial charge in [0.15, 0.2) is 0 Å². The fourth-order valence-corrected chi connectivity index (χ4v) is 5.24. The SMILES string of the molecule is O=C(Nc1cccc(Cl)c1)NC1CC2CCC(C1)N2C1CCCC1. The number of rotatable bonds is 3. The Morgan fingerprint density at radius 2 is 1.75 bits per heavy atom. The summed E-state index contributed by atoms with van der Waals surface area (Å²) in [6.07, 6.45) is 10.3. The minimum atomic E-state index is -0.115. The van der Waals surface area contributed by atoms with E-state index in [1.807, 2.05) is 12.1 Å². The Kier molecular flexibility index (Phi) is 4.68. The van der Waals surface area contributed by atoms with Crippen LogP contribution in [0.25, 0.3) is 0 Å². The minimum absolute atomic E-state index is 0.115. The Labute approximate surface area is 148 Å². The molecule has 0 aromatic heterocycles. The highest BCUT2D eigenvalue weighted by Gasteiger charge is 2.44. The predicted octanol–water partition coefficient (Wildman–Crippen LogP) is 4.40. The van der Waals surface area contributed by atoms with Crippen LogP contribution in [0, 0.1) is 0 Å². The summed E-state index contributed by atoms with van der Waals surface area (Å²) in [5.74, 6) is 0. The molecule has 24 heavy (non-hydrogen) atoms. The van der Waals surface area contributed by atoms with E-state index >= 15 is 0 Å². The van der Waals surface area contributed by atoms with Crippen molar-refractivity contribution < 1.29 is 4.79 Å². The first kappa shape index (κ1) is 16.2. The molecule has 4 rings (SSSR count). The first-order chi connectivity index (χ1) is 11.7. The number of nitrogens with one attached hydrogen (secondary N) is 2. The third-order valence-electron chi connectivity index (χ3n) is 5.95. The number of carbonyl (C=O) groups is 1. The summed E-state index contributed by atoms with van der Waals surface area (Å²) < 4.78 is 0. The van der Waals surface area contributed by atoms with E-state index in [0.717, 1.165) is 24.6 Å². The Morgan fingerprint density at radius 3 is 2.42 bits per heavy atom. The van der Waals surface area contributed by atoms with E-state index in [-0.39, 0.29) is 6.03 Å². The minimum Gasteiger partial charge on any atom is -0.335 e. The fraction of sp³-hybridized carbons (Fsp3) is 0.632. The molecule has 1 aromatic rings. The number of hydrogen-bond acceptors (Lipinski definition) is 2. The molecule has 2 unspecified atom stereocenters. The van der Waals surface area contributed by atoms with Crippen LogP contribution in [0.4, 0.5) is 10.5 Å². The van der Waals surface area contributed by atoms with Gasteiger partial charge in [0.1, 0.15) is 0 Å². The van der Waals surface area contributed by atoms with Crippen molar-refractivity contribution in [3.63, 3.8) is 0 Å². The number of fused-ring (bicyclic) bond motifs is 2. The number of anilines is 1. The molecule has 1 aliphatic carbocycles. The molecule has 5 heteroatoms. The second-order valence-corrected chi connectivity index (χ2v) is 7.98. The lowest BCUT2D eigenvalue weighted by molar-refractivity contribution is 0.0747. The van der Waals surface area contributed by atoms with Gasteiger partial charge in [-0.15, -0.1) is 0 Å². The standard InChI is InChI=1S/C19H26ClN3O/c20-13-4-3-5-14(10-13)21-19(24)22-15-11-17-8-9-18(12-15)23(17)16-6-1-2-7-16/h3-5,10,15-18H,1-2,6-9,11-12H2,(H2,21,22,24). The molecule has 0 spiro atoms. The van der Waals surface area contributed by atoms with Crippen LogP contribution < -0.4 is 10.6 Å². The highest BCUT2D eigenvalue weighted by Crippen LogP contribution is 2.41. The quantitative estimate of drug-likeness (QED) is 0.851. The van der Waals surface area contributed by atoms with Gasteiger partial charge in [-0.05, 0) is 56.7 Å². The van der Waals surface area contributed by atoms with Gasteiger partial charge in [-0.2, -0.15) is 0 Å². The van der Waals surface area contributed by atoms with E-state index < -0.39 is 0 Å². The van der Waals surface area contributed by atoms with Crippen molar-refractivity contribution in [2.45, 2.75) is 75.5 Å². The average molecular weight is 348 g/mol. The van der Waals surface area contributed by atoms with E-state index in [0.29, 0.717) is 23.1 Å². The molecular formula is C19H26ClN3O. The summed E-state index contributed by atoms with van der Waals surface area (Å²) in [5, 5.41) is 6.71. The Bertz CT molecular complexity index is 588. The topological polar surface area (TPSA) is 44.4 Å². The zero-order chi connectivity index (χ0) is 16.5. The van der Waals surface area contributed by atoms with Gasteiger partial charge in [-0.3, -0.25) is 4.90 Å². The van der Waals surface area contributed by atoms with Gasteiger partial charge in [0.25, 0.3) is 0 Å². The molecule has 2 heterocycles. The third kappa shape index (κ3) is 3.40. The summed E-state index contributed by atoms with van der Waals surface area (Å²) in [7, 11) is 0. The van der Waals surface area contributed by atoms with E-state index in [4.69, 9.17) is 11.6 Å². The van der Waals surface area contributed by atoms with Crippen LogP contribution in [-0.4, -0.2) is 35.1 Å². The lowest BCUT2D eigenvalue weighted by Crippen LogP contribution is -2.53. The molecule has 2 saturated heterocycles. The van der Waals surface area contributed by atoms with Gasteiger partial charge in [0.2, 0.25) is 0 Å². The van der Waals surface area contributed by atoms with Gasteiger partial charge in [0.05, 0.1) is 0 Å². The van der Waals surface area contributed by atoms with E-state index in [2.05, 4.69) is 15.5 Å². The summed E-state index contributed by atoms with van der Waals surface area (Å²) in [6, 6.07) is 9.61. The number of carbonyl (C=O) groups excluding carboxylic acids is 1. The molecule has 130 valence electrons. The molecule has 2 atom stereocenters. The number of urea groups is 1. The Hall–Kier alpha value is -1.26. The molecule has 4 nitrogen and oxygen atoms in total. The fourth-order valence-electron chi connectivity index (χ4n) is 5.05.